The van der Waals surface area contributed by atoms with Crippen LogP contribution in [0.4, 0.5) is 0 Å². The number of methoxy groups -OCH3 is 1. The summed E-state index contributed by atoms with van der Waals surface area (Å²) >= 11 is 6.41. The maximum Gasteiger partial charge on any atom is 0.339 e. The first kappa shape index (κ1) is 23.6. The van der Waals surface area contributed by atoms with Crippen LogP contribution in [-0.4, -0.2) is 60.8 Å². The van der Waals surface area contributed by atoms with E-state index in [-0.39, 0.29) is 16.4 Å². The Balaban J connectivity index is 1.67. The molecule has 2 unspecified atom stereocenters. The fourth-order valence-electron chi connectivity index (χ4n) is 5.54. The molecular formula is C25H35ClN2O4. The molecule has 2 aromatic rings. The molecule has 3 heterocycles. The van der Waals surface area contributed by atoms with Gasteiger partial charge in [0.2, 0.25) is 0 Å². The molecule has 7 heteroatoms. The van der Waals surface area contributed by atoms with E-state index in [1.807, 2.05) is 6.92 Å². The van der Waals surface area contributed by atoms with Gasteiger partial charge in [0.05, 0.1) is 17.2 Å². The molecule has 0 aliphatic carbocycles. The van der Waals surface area contributed by atoms with Crippen LogP contribution in [0, 0.1) is 19.8 Å². The van der Waals surface area contributed by atoms with Gasteiger partial charge in [0, 0.05) is 43.7 Å². The van der Waals surface area contributed by atoms with Gasteiger partial charge in [0.25, 0.3) is 0 Å². The van der Waals surface area contributed by atoms with Crippen molar-refractivity contribution in [2.24, 2.45) is 5.92 Å². The predicted molar refractivity (Wildman–Crippen MR) is 128 cm³/mol. The summed E-state index contributed by atoms with van der Waals surface area (Å²) in [6.07, 6.45) is 6.33. The van der Waals surface area contributed by atoms with Crippen LogP contribution in [0.15, 0.2) is 15.3 Å². The average molecular weight is 463 g/mol. The van der Waals surface area contributed by atoms with E-state index in [1.54, 1.807) is 20.1 Å². The number of aryl methyl sites for hydroxylation is 1. The molecule has 2 saturated heterocycles. The van der Waals surface area contributed by atoms with E-state index in [4.69, 9.17) is 20.8 Å². The van der Waals surface area contributed by atoms with Crippen LogP contribution in [0.25, 0.3) is 11.0 Å². The quantitative estimate of drug-likeness (QED) is 0.612. The summed E-state index contributed by atoms with van der Waals surface area (Å²) in [5, 5.41) is 11.9. The topological polar surface area (TPSA) is 66.2 Å². The summed E-state index contributed by atoms with van der Waals surface area (Å²) in [6.45, 7) is 8.79. The van der Waals surface area contributed by atoms with E-state index in [1.165, 1.54) is 45.2 Å². The van der Waals surface area contributed by atoms with E-state index in [9.17, 15) is 9.90 Å². The summed E-state index contributed by atoms with van der Waals surface area (Å²) in [5.74, 6) is 0.584. The molecule has 176 valence electrons. The zero-order valence-electron chi connectivity index (χ0n) is 19.5. The van der Waals surface area contributed by atoms with Crippen molar-refractivity contribution in [1.82, 2.24) is 9.80 Å². The van der Waals surface area contributed by atoms with Crippen molar-refractivity contribution in [1.29, 1.82) is 0 Å². The third kappa shape index (κ3) is 4.69. The van der Waals surface area contributed by atoms with E-state index in [0.717, 1.165) is 24.0 Å². The van der Waals surface area contributed by atoms with Crippen LogP contribution in [0.2, 0.25) is 5.02 Å². The van der Waals surface area contributed by atoms with Crippen molar-refractivity contribution in [3.8, 4) is 5.75 Å². The Kier molecular flexibility index (Phi) is 7.45. The summed E-state index contributed by atoms with van der Waals surface area (Å²) in [7, 11) is 1.71. The van der Waals surface area contributed by atoms with Crippen molar-refractivity contribution >= 4 is 22.6 Å². The number of aromatic hydroxyl groups is 1. The summed E-state index contributed by atoms with van der Waals surface area (Å²) in [5.41, 5.74) is 2.06. The van der Waals surface area contributed by atoms with Gasteiger partial charge < -0.3 is 19.2 Å². The second-order valence-corrected chi connectivity index (χ2v) is 9.84. The number of rotatable bonds is 7. The molecule has 1 N–H and O–H groups in total. The van der Waals surface area contributed by atoms with Gasteiger partial charge >= 0.3 is 5.63 Å². The van der Waals surface area contributed by atoms with Gasteiger partial charge in [0.1, 0.15) is 11.3 Å². The molecule has 4 rings (SSSR count). The molecule has 32 heavy (non-hydrogen) atoms. The van der Waals surface area contributed by atoms with Crippen molar-refractivity contribution in [2.75, 3.05) is 39.9 Å². The Hall–Kier alpha value is -1.60. The molecule has 6 nitrogen and oxygen atoms in total. The molecule has 0 saturated carbocycles. The van der Waals surface area contributed by atoms with E-state index in [2.05, 4.69) is 9.80 Å². The van der Waals surface area contributed by atoms with Gasteiger partial charge in [-0.05, 0) is 70.2 Å². The van der Waals surface area contributed by atoms with E-state index in [0.29, 0.717) is 41.8 Å². The number of phenolic OH excluding ortho intramolecular Hbond substituents is 1. The zero-order valence-corrected chi connectivity index (χ0v) is 20.2. The first-order valence-corrected chi connectivity index (χ1v) is 12.2. The Labute approximate surface area is 195 Å². The Morgan fingerprint density at radius 2 is 2.00 bits per heavy atom. The third-order valence-corrected chi connectivity index (χ3v) is 7.77. The minimum Gasteiger partial charge on any atom is -0.506 e. The smallest absolute Gasteiger partial charge is 0.339 e. The van der Waals surface area contributed by atoms with Crippen LogP contribution < -0.4 is 5.63 Å². The minimum absolute atomic E-state index is 0.00377. The minimum atomic E-state index is -0.369. The van der Waals surface area contributed by atoms with Gasteiger partial charge in [-0.2, -0.15) is 0 Å². The molecule has 2 atom stereocenters. The van der Waals surface area contributed by atoms with E-state index >= 15 is 0 Å². The average Bonchev–Trinajstić information content (AvgIpc) is 2.80. The summed E-state index contributed by atoms with van der Waals surface area (Å²) in [6, 6.07) is 2.33. The molecule has 0 amide bonds. The second-order valence-electron chi connectivity index (χ2n) is 9.43. The predicted octanol–water partition coefficient (Wildman–Crippen LogP) is 4.48. The lowest BCUT2D eigenvalue weighted by Crippen LogP contribution is -2.51. The number of ether oxygens (including phenoxy) is 1. The number of phenols is 1. The van der Waals surface area contributed by atoms with Crippen LogP contribution in [0.5, 0.6) is 5.75 Å². The van der Waals surface area contributed by atoms with Crippen molar-refractivity contribution in [2.45, 2.75) is 58.5 Å². The highest BCUT2D eigenvalue weighted by atomic mass is 35.5. The lowest BCUT2D eigenvalue weighted by atomic mass is 9.83. The molecule has 1 aromatic carbocycles. The van der Waals surface area contributed by atoms with Gasteiger partial charge in [-0.25, -0.2) is 4.79 Å². The summed E-state index contributed by atoms with van der Waals surface area (Å²) < 4.78 is 11.1. The molecule has 0 bridgehead atoms. The molecule has 2 aliphatic rings. The van der Waals surface area contributed by atoms with Crippen molar-refractivity contribution in [3.63, 3.8) is 0 Å². The Morgan fingerprint density at radius 1 is 1.22 bits per heavy atom. The largest absolute Gasteiger partial charge is 0.506 e. The maximum absolute atomic E-state index is 12.4. The Bertz CT molecular complexity index is 1020. The van der Waals surface area contributed by atoms with Crippen LogP contribution >= 0.6 is 11.6 Å². The highest BCUT2D eigenvalue weighted by molar-refractivity contribution is 6.33. The molecule has 0 radical (unpaired) electrons. The van der Waals surface area contributed by atoms with Crippen molar-refractivity contribution in [3.05, 3.63) is 38.2 Å². The zero-order chi connectivity index (χ0) is 22.8. The molecule has 1 aromatic heterocycles. The first-order chi connectivity index (χ1) is 15.4. The van der Waals surface area contributed by atoms with Crippen molar-refractivity contribution < 1.29 is 14.3 Å². The second kappa shape index (κ2) is 10.1. The summed E-state index contributed by atoms with van der Waals surface area (Å²) in [4.78, 5) is 17.4. The monoisotopic (exact) mass is 462 g/mol. The number of fused-ring (bicyclic) bond motifs is 2. The van der Waals surface area contributed by atoms with Gasteiger partial charge in [-0.1, -0.05) is 18.0 Å². The lowest BCUT2D eigenvalue weighted by Gasteiger charge is -2.45. The molecule has 2 aliphatic heterocycles. The number of piperidine rings is 2. The lowest BCUT2D eigenvalue weighted by molar-refractivity contribution is 0.0335. The first-order valence-electron chi connectivity index (χ1n) is 11.8. The SMILES string of the molecule is COCCN(Cc1c(O)c(Cl)cc2c(C)c(C)c(=O)oc12)CC1CCCN2CCCCC12. The Morgan fingerprint density at radius 3 is 2.78 bits per heavy atom. The highest BCUT2D eigenvalue weighted by Crippen LogP contribution is 2.37. The number of hydrogen-bond donors (Lipinski definition) is 1. The van der Waals surface area contributed by atoms with Crippen LogP contribution in [-0.2, 0) is 11.3 Å². The van der Waals surface area contributed by atoms with Crippen LogP contribution in [0.3, 0.4) is 0 Å². The highest BCUT2D eigenvalue weighted by Gasteiger charge is 2.34. The fraction of sp³-hybridized carbons (Fsp3) is 0.640. The number of nitrogens with zero attached hydrogens (tertiary/aromatic N) is 2. The number of halogens is 1. The third-order valence-electron chi connectivity index (χ3n) is 7.48. The molecule has 2 fully saturated rings. The van der Waals surface area contributed by atoms with Gasteiger partial charge in [-0.3, -0.25) is 4.90 Å². The fourth-order valence-corrected chi connectivity index (χ4v) is 5.76. The molecule has 0 spiro atoms. The van der Waals surface area contributed by atoms with Gasteiger partial charge in [0.15, 0.2) is 0 Å². The maximum atomic E-state index is 12.4. The van der Waals surface area contributed by atoms with Gasteiger partial charge in [-0.15, -0.1) is 0 Å². The van der Waals surface area contributed by atoms with Crippen LogP contribution in [0.1, 0.15) is 48.8 Å². The standard InChI is InChI=1S/C25H35ClN2O4/c1-16-17(2)25(30)32-24-19(16)13-21(26)23(29)20(24)15-27(11-12-31-3)14-18-7-6-10-28-9-5-4-8-22(18)28/h13,18,22,29H,4-12,14-15H2,1-3H3. The number of benzene rings is 1. The normalized spacial score (nSPS) is 21.9. The molecular weight excluding hydrogens is 428 g/mol. The number of hydrogen-bond acceptors (Lipinski definition) is 6. The van der Waals surface area contributed by atoms with E-state index < -0.39 is 0 Å².